The monoisotopic (exact) mass is 201 g/mol. The molecule has 78 valence electrons. The van der Waals surface area contributed by atoms with Crippen molar-refractivity contribution in [1.29, 1.82) is 0 Å². The predicted octanol–water partition coefficient (Wildman–Crippen LogP) is 0.937. The van der Waals surface area contributed by atoms with Gasteiger partial charge in [0, 0.05) is 20.0 Å². The molecule has 0 spiro atoms. The summed E-state index contributed by atoms with van der Waals surface area (Å²) in [6, 6.07) is 0. The van der Waals surface area contributed by atoms with E-state index < -0.39 is 11.8 Å². The van der Waals surface area contributed by atoms with Crippen LogP contribution in [-0.2, 0) is 9.59 Å². The molecular formula is C9H12FNO3. The lowest BCUT2D eigenvalue weighted by atomic mass is 10.0. The highest BCUT2D eigenvalue weighted by Crippen LogP contribution is 2.20. The molecule has 1 saturated heterocycles. The summed E-state index contributed by atoms with van der Waals surface area (Å²) in [6.07, 6.45) is 0.634. The molecule has 5 heteroatoms. The van der Waals surface area contributed by atoms with Gasteiger partial charge in [-0.15, -0.1) is 0 Å². The molecule has 14 heavy (non-hydrogen) atoms. The number of piperidine rings is 1. The van der Waals surface area contributed by atoms with Crippen LogP contribution in [0.5, 0.6) is 0 Å². The first-order chi connectivity index (χ1) is 6.52. The number of carbonyl (C=O) groups is 2. The molecule has 1 N–H and O–H groups in total. The van der Waals surface area contributed by atoms with Gasteiger partial charge in [-0.2, -0.15) is 4.39 Å². The van der Waals surface area contributed by atoms with Gasteiger partial charge in [-0.05, 0) is 18.4 Å². The number of hydrogen-bond acceptors (Lipinski definition) is 2. The summed E-state index contributed by atoms with van der Waals surface area (Å²) in [5.74, 6) is -2.63. The third kappa shape index (κ3) is 2.31. The predicted molar refractivity (Wildman–Crippen MR) is 47.3 cm³/mol. The fourth-order valence-corrected chi connectivity index (χ4v) is 1.46. The van der Waals surface area contributed by atoms with Crippen LogP contribution in [0, 0.1) is 0 Å². The lowest BCUT2D eigenvalue weighted by molar-refractivity contribution is -0.134. The Morgan fingerprint density at radius 3 is 2.21 bits per heavy atom. The molecule has 4 nitrogen and oxygen atoms in total. The molecule has 0 saturated carbocycles. The second-order valence-electron chi connectivity index (χ2n) is 3.23. The molecule has 0 aromatic heterocycles. The van der Waals surface area contributed by atoms with Crippen LogP contribution in [-0.4, -0.2) is 35.0 Å². The van der Waals surface area contributed by atoms with Crippen molar-refractivity contribution in [2.75, 3.05) is 13.1 Å². The number of likely N-dealkylation sites (tertiary alicyclic amines) is 1. The van der Waals surface area contributed by atoms with Crippen molar-refractivity contribution < 1.29 is 19.1 Å². The van der Waals surface area contributed by atoms with Crippen LogP contribution in [0.1, 0.15) is 19.8 Å². The van der Waals surface area contributed by atoms with Gasteiger partial charge in [0.15, 0.2) is 0 Å². The zero-order chi connectivity index (χ0) is 10.7. The Morgan fingerprint density at radius 1 is 1.36 bits per heavy atom. The highest BCUT2D eigenvalue weighted by atomic mass is 19.1. The quantitative estimate of drug-likeness (QED) is 0.642. The Hall–Kier alpha value is -1.39. The standard InChI is InChI=1S/C9H12FNO3/c1-6(12)11-4-2-7(3-5-11)8(10)9(13)14/h2-5H2,1H3,(H,13,14). The van der Waals surface area contributed by atoms with Crippen LogP contribution >= 0.6 is 0 Å². The Balaban J connectivity index is 2.63. The first-order valence-electron chi connectivity index (χ1n) is 4.38. The van der Waals surface area contributed by atoms with Crippen molar-refractivity contribution in [1.82, 2.24) is 4.90 Å². The summed E-state index contributed by atoms with van der Waals surface area (Å²) in [5, 5.41) is 8.40. The van der Waals surface area contributed by atoms with Gasteiger partial charge in [0.2, 0.25) is 11.7 Å². The largest absolute Gasteiger partial charge is 0.476 e. The zero-order valence-corrected chi connectivity index (χ0v) is 7.92. The molecule has 0 aliphatic carbocycles. The maximum Gasteiger partial charge on any atom is 0.364 e. The fourth-order valence-electron chi connectivity index (χ4n) is 1.46. The minimum absolute atomic E-state index is 0.0558. The smallest absolute Gasteiger partial charge is 0.364 e. The summed E-state index contributed by atoms with van der Waals surface area (Å²) >= 11 is 0. The molecule has 0 radical (unpaired) electrons. The van der Waals surface area contributed by atoms with Crippen molar-refractivity contribution in [2.24, 2.45) is 0 Å². The molecule has 1 rings (SSSR count). The number of carboxylic acids is 1. The molecule has 1 amide bonds. The average Bonchev–Trinajstić information content (AvgIpc) is 2.16. The minimum Gasteiger partial charge on any atom is -0.476 e. The van der Waals surface area contributed by atoms with E-state index in [9.17, 15) is 14.0 Å². The lowest BCUT2D eigenvalue weighted by Crippen LogP contribution is -2.35. The molecule has 1 fully saturated rings. The number of carbonyl (C=O) groups excluding carboxylic acids is 1. The van der Waals surface area contributed by atoms with E-state index in [0.717, 1.165) is 0 Å². The highest BCUT2D eigenvalue weighted by molar-refractivity contribution is 5.85. The van der Waals surface area contributed by atoms with Crippen LogP contribution < -0.4 is 0 Å². The van der Waals surface area contributed by atoms with E-state index in [2.05, 4.69) is 0 Å². The Kier molecular flexibility index (Phi) is 3.22. The first-order valence-corrected chi connectivity index (χ1v) is 4.38. The molecule has 0 unspecified atom stereocenters. The maximum atomic E-state index is 12.9. The van der Waals surface area contributed by atoms with Crippen molar-refractivity contribution in [2.45, 2.75) is 19.8 Å². The number of carboxylic acid groups (broad SMARTS) is 1. The topological polar surface area (TPSA) is 57.6 Å². The van der Waals surface area contributed by atoms with Crippen molar-refractivity contribution in [3.63, 3.8) is 0 Å². The number of nitrogens with zero attached hydrogens (tertiary/aromatic N) is 1. The number of hydrogen-bond donors (Lipinski definition) is 1. The van der Waals surface area contributed by atoms with E-state index in [-0.39, 0.29) is 5.91 Å². The Bertz CT molecular complexity index is 288. The first kappa shape index (κ1) is 10.7. The molecule has 0 atom stereocenters. The van der Waals surface area contributed by atoms with Gasteiger partial charge in [0.25, 0.3) is 0 Å². The number of aliphatic carboxylic acids is 1. The second-order valence-corrected chi connectivity index (χ2v) is 3.23. The highest BCUT2D eigenvalue weighted by Gasteiger charge is 2.21. The van der Waals surface area contributed by atoms with Gasteiger partial charge in [0.1, 0.15) is 0 Å². The van der Waals surface area contributed by atoms with E-state index in [1.54, 1.807) is 4.90 Å². The molecular weight excluding hydrogens is 189 g/mol. The van der Waals surface area contributed by atoms with Crippen molar-refractivity contribution >= 4 is 11.9 Å². The minimum atomic E-state index is -1.52. The van der Waals surface area contributed by atoms with Gasteiger partial charge >= 0.3 is 5.97 Å². The van der Waals surface area contributed by atoms with Crippen LogP contribution in [0.4, 0.5) is 4.39 Å². The normalized spacial score (nSPS) is 16.7. The molecule has 0 bridgehead atoms. The van der Waals surface area contributed by atoms with Gasteiger partial charge in [-0.3, -0.25) is 4.79 Å². The van der Waals surface area contributed by atoms with E-state index in [1.165, 1.54) is 6.92 Å². The van der Waals surface area contributed by atoms with Crippen LogP contribution in [0.15, 0.2) is 11.4 Å². The molecule has 1 heterocycles. The second kappa shape index (κ2) is 4.21. The number of amides is 1. The Morgan fingerprint density at radius 2 is 1.86 bits per heavy atom. The van der Waals surface area contributed by atoms with Gasteiger partial charge in [0.05, 0.1) is 0 Å². The van der Waals surface area contributed by atoms with E-state index >= 15 is 0 Å². The summed E-state index contributed by atoms with van der Waals surface area (Å²) in [7, 11) is 0. The van der Waals surface area contributed by atoms with E-state index in [0.29, 0.717) is 31.5 Å². The molecule has 1 aliphatic rings. The summed E-state index contributed by atoms with van der Waals surface area (Å²) in [5.41, 5.74) is 0.301. The van der Waals surface area contributed by atoms with Crippen LogP contribution in [0.25, 0.3) is 0 Å². The number of halogens is 1. The van der Waals surface area contributed by atoms with E-state index in [1.807, 2.05) is 0 Å². The van der Waals surface area contributed by atoms with Gasteiger partial charge in [-0.25, -0.2) is 4.79 Å². The maximum absolute atomic E-state index is 12.9. The average molecular weight is 201 g/mol. The summed E-state index contributed by atoms with van der Waals surface area (Å²) < 4.78 is 12.9. The number of rotatable bonds is 1. The fraction of sp³-hybridized carbons (Fsp3) is 0.556. The van der Waals surface area contributed by atoms with Crippen molar-refractivity contribution in [3.8, 4) is 0 Å². The summed E-state index contributed by atoms with van der Waals surface area (Å²) in [4.78, 5) is 22.8. The zero-order valence-electron chi connectivity index (χ0n) is 7.92. The third-order valence-corrected chi connectivity index (χ3v) is 2.31. The van der Waals surface area contributed by atoms with Gasteiger partial charge < -0.3 is 10.0 Å². The molecule has 0 aromatic rings. The lowest BCUT2D eigenvalue weighted by Gasteiger charge is -2.27. The van der Waals surface area contributed by atoms with E-state index in [4.69, 9.17) is 5.11 Å². The summed E-state index contributed by atoms with van der Waals surface area (Å²) in [6.45, 7) is 2.26. The SMILES string of the molecule is CC(=O)N1CCC(=C(F)C(=O)O)CC1. The third-order valence-electron chi connectivity index (χ3n) is 2.31. The molecule has 1 aliphatic heterocycles. The van der Waals surface area contributed by atoms with Crippen LogP contribution in [0.3, 0.4) is 0 Å². The molecule has 0 aromatic carbocycles. The van der Waals surface area contributed by atoms with Crippen LogP contribution in [0.2, 0.25) is 0 Å². The Labute approximate surface area is 81.0 Å². The van der Waals surface area contributed by atoms with Gasteiger partial charge in [-0.1, -0.05) is 0 Å². The van der Waals surface area contributed by atoms with Crippen molar-refractivity contribution in [3.05, 3.63) is 11.4 Å².